The molecule has 102 valence electrons. The maximum absolute atomic E-state index is 4.56. The molecule has 3 rings (SSSR count). The number of imidazole rings is 1. The van der Waals surface area contributed by atoms with Crippen LogP contribution in [0.5, 0.6) is 0 Å². The van der Waals surface area contributed by atoms with Crippen LogP contribution in [-0.2, 0) is 0 Å². The van der Waals surface area contributed by atoms with Crippen LogP contribution >= 0.6 is 0 Å². The van der Waals surface area contributed by atoms with E-state index in [1.165, 1.54) is 0 Å². The molecule has 0 saturated heterocycles. The Bertz CT molecular complexity index is 713. The molecule has 0 bridgehead atoms. The van der Waals surface area contributed by atoms with Crippen LogP contribution in [0.1, 0.15) is 30.3 Å². The number of nitrogens with zero attached hydrogens (tertiary/aromatic N) is 6. The molecule has 0 aromatic carbocycles. The molecule has 0 radical (unpaired) electrons. The molecule has 6 heteroatoms. The first-order valence-electron chi connectivity index (χ1n) is 6.49. The Morgan fingerprint density at radius 1 is 1.20 bits per heavy atom. The minimum atomic E-state index is 0.0622. The van der Waals surface area contributed by atoms with Crippen molar-refractivity contribution in [2.45, 2.75) is 26.8 Å². The third-order valence-corrected chi connectivity index (χ3v) is 3.21. The van der Waals surface area contributed by atoms with Gasteiger partial charge in [0.15, 0.2) is 5.82 Å². The summed E-state index contributed by atoms with van der Waals surface area (Å²) in [5.74, 6) is 1.63. The van der Waals surface area contributed by atoms with E-state index in [-0.39, 0.29) is 6.04 Å². The molecule has 0 aliphatic carbocycles. The maximum atomic E-state index is 4.56. The summed E-state index contributed by atoms with van der Waals surface area (Å²) >= 11 is 0. The molecule has 0 fully saturated rings. The van der Waals surface area contributed by atoms with Crippen molar-refractivity contribution in [1.29, 1.82) is 0 Å². The highest BCUT2D eigenvalue weighted by Crippen LogP contribution is 2.19. The van der Waals surface area contributed by atoms with Crippen molar-refractivity contribution in [3.63, 3.8) is 0 Å². The van der Waals surface area contributed by atoms with Crippen molar-refractivity contribution in [2.24, 2.45) is 0 Å². The average Bonchev–Trinajstić information content (AvgIpc) is 3.07. The van der Waals surface area contributed by atoms with Crippen molar-refractivity contribution < 1.29 is 0 Å². The molecule has 3 aromatic heterocycles. The van der Waals surface area contributed by atoms with Crippen LogP contribution in [0, 0.1) is 13.8 Å². The van der Waals surface area contributed by atoms with E-state index in [0.29, 0.717) is 0 Å². The zero-order valence-corrected chi connectivity index (χ0v) is 11.7. The zero-order valence-electron chi connectivity index (χ0n) is 11.7. The summed E-state index contributed by atoms with van der Waals surface area (Å²) in [5, 5.41) is 4.50. The fraction of sp³-hybridized carbons (Fsp3) is 0.286. The molecule has 1 atom stereocenters. The zero-order chi connectivity index (χ0) is 14.1. The summed E-state index contributed by atoms with van der Waals surface area (Å²) in [6.07, 6.45) is 7.27. The molecular formula is C14H16N6. The quantitative estimate of drug-likeness (QED) is 0.729. The lowest BCUT2D eigenvalue weighted by molar-refractivity contribution is 0.578. The van der Waals surface area contributed by atoms with Crippen molar-refractivity contribution >= 4 is 0 Å². The summed E-state index contributed by atoms with van der Waals surface area (Å²) in [4.78, 5) is 12.9. The molecule has 20 heavy (non-hydrogen) atoms. The minimum absolute atomic E-state index is 0.0622. The van der Waals surface area contributed by atoms with Gasteiger partial charge in [0, 0.05) is 24.3 Å². The van der Waals surface area contributed by atoms with E-state index in [9.17, 15) is 0 Å². The van der Waals surface area contributed by atoms with Crippen molar-refractivity contribution in [2.75, 3.05) is 0 Å². The summed E-state index contributed by atoms with van der Waals surface area (Å²) in [6.45, 7) is 5.94. The van der Waals surface area contributed by atoms with E-state index in [0.717, 1.165) is 23.0 Å². The number of pyridine rings is 1. The fourth-order valence-corrected chi connectivity index (χ4v) is 2.19. The van der Waals surface area contributed by atoms with Crippen LogP contribution in [-0.4, -0.2) is 29.3 Å². The second kappa shape index (κ2) is 4.88. The highest BCUT2D eigenvalue weighted by molar-refractivity contribution is 5.32. The molecule has 3 heterocycles. The normalized spacial score (nSPS) is 12.6. The van der Waals surface area contributed by atoms with E-state index in [4.69, 9.17) is 0 Å². The molecule has 0 N–H and O–H groups in total. The van der Waals surface area contributed by atoms with Gasteiger partial charge in [-0.05, 0) is 32.9 Å². The largest absolute Gasteiger partial charge is 0.327 e. The average molecular weight is 268 g/mol. The van der Waals surface area contributed by atoms with Gasteiger partial charge < -0.3 is 4.57 Å². The van der Waals surface area contributed by atoms with Crippen LogP contribution in [0.25, 0.3) is 5.69 Å². The summed E-state index contributed by atoms with van der Waals surface area (Å²) in [7, 11) is 0. The SMILES string of the molecule is Cc1cc(-n2nc(C)nc2[C@H](C)n2ccnc2)ccn1. The van der Waals surface area contributed by atoms with E-state index < -0.39 is 0 Å². The Labute approximate surface area is 117 Å². The lowest BCUT2D eigenvalue weighted by Crippen LogP contribution is -2.12. The van der Waals surface area contributed by atoms with Crippen LogP contribution < -0.4 is 0 Å². The Morgan fingerprint density at radius 3 is 2.75 bits per heavy atom. The minimum Gasteiger partial charge on any atom is -0.327 e. The molecule has 0 amide bonds. The van der Waals surface area contributed by atoms with Crippen LogP contribution in [0.15, 0.2) is 37.1 Å². The summed E-state index contributed by atoms with van der Waals surface area (Å²) in [6, 6.07) is 4.00. The molecule has 3 aromatic rings. The first-order chi connectivity index (χ1) is 9.65. The summed E-state index contributed by atoms with van der Waals surface area (Å²) < 4.78 is 3.88. The number of hydrogen-bond donors (Lipinski definition) is 0. The molecular weight excluding hydrogens is 252 g/mol. The van der Waals surface area contributed by atoms with Gasteiger partial charge in [-0.2, -0.15) is 5.10 Å². The van der Waals surface area contributed by atoms with Gasteiger partial charge in [-0.25, -0.2) is 14.6 Å². The predicted octanol–water partition coefficient (Wildman–Crippen LogP) is 2.08. The first kappa shape index (κ1) is 12.5. The highest BCUT2D eigenvalue weighted by Gasteiger charge is 2.17. The first-order valence-corrected chi connectivity index (χ1v) is 6.49. The van der Waals surface area contributed by atoms with Crippen molar-refractivity contribution in [1.82, 2.24) is 29.3 Å². The molecule has 0 spiro atoms. The molecule has 6 nitrogen and oxygen atoms in total. The van der Waals surface area contributed by atoms with Gasteiger partial charge in [0.1, 0.15) is 5.82 Å². The Balaban J connectivity index is 2.09. The van der Waals surface area contributed by atoms with E-state index >= 15 is 0 Å². The standard InChI is InChI=1S/C14H16N6/c1-10-8-13(4-5-16-10)20-14(17-12(3)18-20)11(2)19-7-6-15-9-19/h4-9,11H,1-3H3/t11-/m0/s1. The molecule has 0 aliphatic rings. The van der Waals surface area contributed by atoms with Gasteiger partial charge >= 0.3 is 0 Å². The second-order valence-electron chi connectivity index (χ2n) is 4.77. The van der Waals surface area contributed by atoms with Crippen molar-refractivity contribution in [3.05, 3.63) is 54.4 Å². The Hall–Kier alpha value is -2.50. The van der Waals surface area contributed by atoms with Crippen LogP contribution in [0.4, 0.5) is 0 Å². The highest BCUT2D eigenvalue weighted by atomic mass is 15.4. The van der Waals surface area contributed by atoms with Gasteiger partial charge in [-0.1, -0.05) is 0 Å². The van der Waals surface area contributed by atoms with Gasteiger partial charge in [-0.3, -0.25) is 4.98 Å². The van der Waals surface area contributed by atoms with Crippen molar-refractivity contribution in [3.8, 4) is 5.69 Å². The number of hydrogen-bond acceptors (Lipinski definition) is 4. The molecule has 0 unspecified atom stereocenters. The lowest BCUT2D eigenvalue weighted by Gasteiger charge is -2.13. The Morgan fingerprint density at radius 2 is 2.05 bits per heavy atom. The van der Waals surface area contributed by atoms with Gasteiger partial charge in [-0.15, -0.1) is 0 Å². The van der Waals surface area contributed by atoms with Crippen LogP contribution in [0.2, 0.25) is 0 Å². The third-order valence-electron chi connectivity index (χ3n) is 3.21. The topological polar surface area (TPSA) is 61.4 Å². The number of aromatic nitrogens is 6. The predicted molar refractivity (Wildman–Crippen MR) is 74.7 cm³/mol. The van der Waals surface area contributed by atoms with Gasteiger partial charge in [0.25, 0.3) is 0 Å². The molecule has 0 saturated carbocycles. The van der Waals surface area contributed by atoms with Crippen LogP contribution in [0.3, 0.4) is 0 Å². The monoisotopic (exact) mass is 268 g/mol. The summed E-state index contributed by atoms with van der Waals surface area (Å²) in [5.41, 5.74) is 1.93. The smallest absolute Gasteiger partial charge is 0.155 e. The number of aryl methyl sites for hydroxylation is 2. The van der Waals surface area contributed by atoms with Gasteiger partial charge in [0.2, 0.25) is 0 Å². The van der Waals surface area contributed by atoms with E-state index in [2.05, 4.69) is 27.0 Å². The Kier molecular flexibility index (Phi) is 3.06. The second-order valence-corrected chi connectivity index (χ2v) is 4.77. The third kappa shape index (κ3) is 2.20. The molecule has 0 aliphatic heterocycles. The maximum Gasteiger partial charge on any atom is 0.155 e. The van der Waals surface area contributed by atoms with E-state index in [1.54, 1.807) is 18.7 Å². The number of rotatable bonds is 3. The lowest BCUT2D eigenvalue weighted by atomic mass is 10.3. The van der Waals surface area contributed by atoms with E-state index in [1.807, 2.05) is 41.4 Å². The fourth-order valence-electron chi connectivity index (χ4n) is 2.19. The van der Waals surface area contributed by atoms with Gasteiger partial charge in [0.05, 0.1) is 18.1 Å².